The Morgan fingerprint density at radius 1 is 1.38 bits per heavy atom. The van der Waals surface area contributed by atoms with E-state index in [4.69, 9.17) is 0 Å². The van der Waals surface area contributed by atoms with Crippen LogP contribution in [0.4, 0.5) is 8.78 Å². The van der Waals surface area contributed by atoms with Crippen LogP contribution in [0.3, 0.4) is 0 Å². The van der Waals surface area contributed by atoms with Crippen LogP contribution in [-0.4, -0.2) is 15.5 Å². The van der Waals surface area contributed by atoms with Gasteiger partial charge in [0.1, 0.15) is 17.5 Å². The lowest BCUT2D eigenvalue weighted by atomic mass is 10.2. The molecule has 0 saturated heterocycles. The molecule has 0 unspecified atom stereocenters. The van der Waals surface area contributed by atoms with Crippen LogP contribution in [0, 0.1) is 18.6 Å². The van der Waals surface area contributed by atoms with Crippen LogP contribution >= 0.6 is 0 Å². The average molecular weight is 222 g/mol. The van der Waals surface area contributed by atoms with E-state index < -0.39 is 17.5 Å². The summed E-state index contributed by atoms with van der Waals surface area (Å²) in [6, 6.07) is 2.84. The normalized spacial score (nSPS) is 10.4. The number of hydrogen-bond acceptors (Lipinski definition) is 2. The van der Waals surface area contributed by atoms with Crippen LogP contribution < -0.4 is 0 Å². The number of hydrogen-bond donors (Lipinski definition) is 0. The van der Waals surface area contributed by atoms with Gasteiger partial charge in [-0.05, 0) is 19.1 Å². The van der Waals surface area contributed by atoms with Gasteiger partial charge >= 0.3 is 0 Å². The molecule has 1 aromatic carbocycles. The predicted molar refractivity (Wildman–Crippen MR) is 53.1 cm³/mol. The number of aromatic nitrogens is 2. The number of benzene rings is 1. The van der Waals surface area contributed by atoms with Crippen molar-refractivity contribution in [1.29, 1.82) is 0 Å². The van der Waals surface area contributed by atoms with Gasteiger partial charge in [-0.3, -0.25) is 9.36 Å². The number of aryl methyl sites for hydroxylation is 1. The lowest BCUT2D eigenvalue weighted by molar-refractivity contribution is 0.0953. The lowest BCUT2D eigenvalue weighted by Gasteiger charge is -2.04. The summed E-state index contributed by atoms with van der Waals surface area (Å²) in [4.78, 5) is 15.7. The average Bonchev–Trinajstić information content (AvgIpc) is 2.63. The molecule has 0 aliphatic rings. The Kier molecular flexibility index (Phi) is 2.52. The highest BCUT2D eigenvalue weighted by molar-refractivity contribution is 5.96. The minimum Gasteiger partial charge on any atom is -0.270 e. The molecule has 0 aliphatic carbocycles. The van der Waals surface area contributed by atoms with Crippen LogP contribution in [-0.2, 0) is 0 Å². The van der Waals surface area contributed by atoms with Crippen molar-refractivity contribution in [3.8, 4) is 0 Å². The Morgan fingerprint density at radius 3 is 2.69 bits per heavy atom. The minimum absolute atomic E-state index is 0.178. The van der Waals surface area contributed by atoms with E-state index in [0.717, 1.165) is 12.1 Å². The molecule has 0 N–H and O–H groups in total. The van der Waals surface area contributed by atoms with E-state index in [1.54, 1.807) is 6.92 Å². The quantitative estimate of drug-likeness (QED) is 0.741. The topological polar surface area (TPSA) is 34.9 Å². The zero-order valence-electron chi connectivity index (χ0n) is 8.45. The van der Waals surface area contributed by atoms with Gasteiger partial charge in [0.25, 0.3) is 5.91 Å². The monoisotopic (exact) mass is 222 g/mol. The molecule has 0 bridgehead atoms. The highest BCUT2D eigenvalue weighted by Crippen LogP contribution is 2.12. The standard InChI is InChI=1S/C11H8F2N2O/c1-7-14-4-5-15(7)11(16)9-3-2-8(12)6-10(9)13/h2-6H,1H3. The van der Waals surface area contributed by atoms with E-state index in [9.17, 15) is 13.6 Å². The highest BCUT2D eigenvalue weighted by Gasteiger charge is 2.15. The van der Waals surface area contributed by atoms with Crippen molar-refractivity contribution in [3.63, 3.8) is 0 Å². The van der Waals surface area contributed by atoms with Gasteiger partial charge in [-0.25, -0.2) is 13.8 Å². The molecule has 0 aliphatic heterocycles. The predicted octanol–water partition coefficient (Wildman–Crippen LogP) is 2.16. The highest BCUT2D eigenvalue weighted by atomic mass is 19.1. The van der Waals surface area contributed by atoms with E-state index in [2.05, 4.69) is 4.98 Å². The summed E-state index contributed by atoms with van der Waals surface area (Å²) in [7, 11) is 0. The number of halogens is 2. The first-order chi connectivity index (χ1) is 7.59. The first-order valence-electron chi connectivity index (χ1n) is 4.59. The van der Waals surface area contributed by atoms with E-state index in [1.165, 1.54) is 17.0 Å². The van der Waals surface area contributed by atoms with Crippen molar-refractivity contribution in [2.45, 2.75) is 6.92 Å². The molecular formula is C11H8F2N2O. The van der Waals surface area contributed by atoms with Crippen LogP contribution in [0.15, 0.2) is 30.6 Å². The second-order valence-electron chi connectivity index (χ2n) is 3.27. The summed E-state index contributed by atoms with van der Waals surface area (Å²) in [5.41, 5.74) is -0.178. The van der Waals surface area contributed by atoms with Gasteiger partial charge in [0.05, 0.1) is 5.56 Å². The van der Waals surface area contributed by atoms with E-state index in [-0.39, 0.29) is 5.56 Å². The third-order valence-electron chi connectivity index (χ3n) is 2.21. The Balaban J connectivity index is 2.46. The van der Waals surface area contributed by atoms with Crippen LogP contribution in [0.5, 0.6) is 0 Å². The molecule has 0 amide bonds. The molecule has 0 radical (unpaired) electrons. The third-order valence-corrected chi connectivity index (χ3v) is 2.21. The molecule has 16 heavy (non-hydrogen) atoms. The number of carbonyl (C=O) groups is 1. The number of rotatable bonds is 1. The number of nitrogens with zero attached hydrogens (tertiary/aromatic N) is 2. The van der Waals surface area contributed by atoms with Gasteiger partial charge < -0.3 is 0 Å². The molecule has 2 aromatic rings. The van der Waals surface area contributed by atoms with Crippen molar-refractivity contribution < 1.29 is 13.6 Å². The zero-order valence-corrected chi connectivity index (χ0v) is 8.45. The first-order valence-corrected chi connectivity index (χ1v) is 4.59. The van der Waals surface area contributed by atoms with Crippen molar-refractivity contribution in [3.05, 3.63) is 53.6 Å². The zero-order chi connectivity index (χ0) is 11.7. The summed E-state index contributed by atoms with van der Waals surface area (Å²) in [5.74, 6) is -1.70. The summed E-state index contributed by atoms with van der Waals surface area (Å²) in [6.07, 6.45) is 2.87. The lowest BCUT2D eigenvalue weighted by Crippen LogP contribution is -2.14. The SMILES string of the molecule is Cc1nccn1C(=O)c1ccc(F)cc1F. The Bertz CT molecular complexity index is 549. The van der Waals surface area contributed by atoms with Gasteiger partial charge in [-0.15, -0.1) is 0 Å². The van der Waals surface area contributed by atoms with E-state index in [1.807, 2.05) is 0 Å². The Hall–Kier alpha value is -2.04. The maximum atomic E-state index is 13.3. The van der Waals surface area contributed by atoms with Gasteiger partial charge in [0.2, 0.25) is 0 Å². The summed E-state index contributed by atoms with van der Waals surface area (Å²) >= 11 is 0. The molecule has 0 atom stereocenters. The van der Waals surface area contributed by atoms with Crippen molar-refractivity contribution in [2.24, 2.45) is 0 Å². The molecule has 1 heterocycles. The molecule has 3 nitrogen and oxygen atoms in total. The maximum absolute atomic E-state index is 13.3. The van der Waals surface area contributed by atoms with Crippen LogP contribution in [0.1, 0.15) is 16.2 Å². The second-order valence-corrected chi connectivity index (χ2v) is 3.27. The van der Waals surface area contributed by atoms with E-state index >= 15 is 0 Å². The van der Waals surface area contributed by atoms with Crippen LogP contribution in [0.2, 0.25) is 0 Å². The van der Waals surface area contributed by atoms with Crippen molar-refractivity contribution >= 4 is 5.91 Å². The minimum atomic E-state index is -0.877. The molecule has 2 rings (SSSR count). The fraction of sp³-hybridized carbons (Fsp3) is 0.0909. The Labute approximate surface area is 90.3 Å². The van der Waals surface area contributed by atoms with Crippen molar-refractivity contribution in [1.82, 2.24) is 9.55 Å². The first kappa shape index (κ1) is 10.5. The summed E-state index contributed by atoms with van der Waals surface area (Å²) < 4.78 is 27.2. The van der Waals surface area contributed by atoms with Crippen molar-refractivity contribution in [2.75, 3.05) is 0 Å². The molecule has 0 saturated carbocycles. The van der Waals surface area contributed by atoms with Gasteiger partial charge in [0.15, 0.2) is 0 Å². The van der Waals surface area contributed by atoms with Gasteiger partial charge in [-0.2, -0.15) is 0 Å². The van der Waals surface area contributed by atoms with E-state index in [0.29, 0.717) is 11.9 Å². The van der Waals surface area contributed by atoms with Gasteiger partial charge in [0, 0.05) is 18.5 Å². The fourth-order valence-electron chi connectivity index (χ4n) is 1.39. The maximum Gasteiger partial charge on any atom is 0.266 e. The Morgan fingerprint density at radius 2 is 2.12 bits per heavy atom. The van der Waals surface area contributed by atoms with Gasteiger partial charge in [-0.1, -0.05) is 0 Å². The molecular weight excluding hydrogens is 214 g/mol. The summed E-state index contributed by atoms with van der Waals surface area (Å²) in [6.45, 7) is 1.62. The third kappa shape index (κ3) is 1.71. The smallest absolute Gasteiger partial charge is 0.266 e. The fourth-order valence-corrected chi connectivity index (χ4v) is 1.39. The second kappa shape index (κ2) is 3.84. The summed E-state index contributed by atoms with van der Waals surface area (Å²) in [5, 5.41) is 0. The molecule has 5 heteroatoms. The molecule has 82 valence electrons. The number of imidazole rings is 1. The van der Waals surface area contributed by atoms with Crippen LogP contribution in [0.25, 0.3) is 0 Å². The molecule has 1 aromatic heterocycles. The number of carbonyl (C=O) groups excluding carboxylic acids is 1. The molecule has 0 spiro atoms. The largest absolute Gasteiger partial charge is 0.270 e. The molecule has 0 fully saturated rings.